The second kappa shape index (κ2) is 8.01. The fraction of sp³-hybridized carbons (Fsp3) is 0.357. The highest BCUT2D eigenvalue weighted by Gasteiger charge is 2.17. The first kappa shape index (κ1) is 16.6. The minimum absolute atomic E-state index is 0.149. The van der Waals surface area contributed by atoms with E-state index >= 15 is 0 Å². The van der Waals surface area contributed by atoms with Crippen molar-refractivity contribution >= 4 is 17.7 Å². The number of aliphatic carboxylic acids is 1. The first-order valence-corrected chi connectivity index (χ1v) is 6.29. The molecule has 0 fully saturated rings. The maximum Gasteiger partial charge on any atom is 0.328 e. The molecule has 21 heavy (non-hydrogen) atoms. The third kappa shape index (κ3) is 5.62. The highest BCUT2D eigenvalue weighted by atomic mass is 16.6. The SMILES string of the molecule is COCCC(C)Oc1ccc(/C=C/C(=O)O)cc1[N+](=O)[O-]. The summed E-state index contributed by atoms with van der Waals surface area (Å²) >= 11 is 0. The first-order chi connectivity index (χ1) is 9.93. The lowest BCUT2D eigenvalue weighted by atomic mass is 10.1. The Balaban J connectivity index is 2.94. The van der Waals surface area contributed by atoms with Crippen molar-refractivity contribution < 1.29 is 24.3 Å². The zero-order chi connectivity index (χ0) is 15.8. The Kier molecular flexibility index (Phi) is 6.35. The summed E-state index contributed by atoms with van der Waals surface area (Å²) in [6.45, 7) is 2.29. The Hall–Kier alpha value is -2.41. The largest absolute Gasteiger partial charge is 0.484 e. The fourth-order valence-electron chi connectivity index (χ4n) is 1.61. The molecule has 0 saturated carbocycles. The summed E-state index contributed by atoms with van der Waals surface area (Å²) in [5.41, 5.74) is 0.216. The van der Waals surface area contributed by atoms with Crippen LogP contribution in [0.2, 0.25) is 0 Å². The van der Waals surface area contributed by atoms with Crippen molar-refractivity contribution in [3.05, 3.63) is 40.0 Å². The van der Waals surface area contributed by atoms with E-state index in [2.05, 4.69) is 0 Å². The molecule has 1 aromatic carbocycles. The second-order valence-corrected chi connectivity index (χ2v) is 4.37. The summed E-state index contributed by atoms with van der Waals surface area (Å²) in [7, 11) is 1.57. The van der Waals surface area contributed by atoms with Gasteiger partial charge in [0.1, 0.15) is 0 Å². The molecule has 0 saturated heterocycles. The summed E-state index contributed by atoms with van der Waals surface area (Å²) in [4.78, 5) is 21.0. The molecule has 0 aliphatic rings. The van der Waals surface area contributed by atoms with Gasteiger partial charge in [-0.3, -0.25) is 10.1 Å². The Morgan fingerprint density at radius 2 is 2.24 bits per heavy atom. The smallest absolute Gasteiger partial charge is 0.328 e. The number of nitro benzene ring substituents is 1. The number of carbonyl (C=O) groups is 1. The van der Waals surface area contributed by atoms with Gasteiger partial charge in [-0.1, -0.05) is 6.07 Å². The maximum absolute atomic E-state index is 11.1. The molecule has 1 atom stereocenters. The zero-order valence-corrected chi connectivity index (χ0v) is 11.8. The molecule has 1 aromatic rings. The van der Waals surface area contributed by atoms with E-state index in [0.717, 1.165) is 6.08 Å². The molecule has 114 valence electrons. The third-order valence-electron chi connectivity index (χ3n) is 2.65. The molecule has 1 N–H and O–H groups in total. The molecule has 0 heterocycles. The highest BCUT2D eigenvalue weighted by Crippen LogP contribution is 2.29. The van der Waals surface area contributed by atoms with Crippen LogP contribution in [-0.4, -0.2) is 35.8 Å². The number of nitrogens with zero attached hydrogens (tertiary/aromatic N) is 1. The summed E-state index contributed by atoms with van der Waals surface area (Å²) < 4.78 is 10.5. The predicted molar refractivity (Wildman–Crippen MR) is 76.3 cm³/mol. The van der Waals surface area contributed by atoms with Crippen LogP contribution in [0.1, 0.15) is 18.9 Å². The van der Waals surface area contributed by atoms with Gasteiger partial charge in [0.25, 0.3) is 0 Å². The topological polar surface area (TPSA) is 98.9 Å². The molecule has 0 aliphatic carbocycles. The van der Waals surface area contributed by atoms with Crippen molar-refractivity contribution in [2.75, 3.05) is 13.7 Å². The van der Waals surface area contributed by atoms with Gasteiger partial charge in [0, 0.05) is 32.3 Å². The monoisotopic (exact) mass is 295 g/mol. The van der Waals surface area contributed by atoms with Crippen molar-refractivity contribution in [1.29, 1.82) is 0 Å². The molecule has 0 aromatic heterocycles. The van der Waals surface area contributed by atoms with Gasteiger partial charge >= 0.3 is 11.7 Å². The molecule has 0 aliphatic heterocycles. The summed E-state index contributed by atoms with van der Waals surface area (Å²) in [6.07, 6.45) is 2.58. The van der Waals surface area contributed by atoms with E-state index in [4.69, 9.17) is 14.6 Å². The van der Waals surface area contributed by atoms with Crippen molar-refractivity contribution in [2.45, 2.75) is 19.4 Å². The third-order valence-corrected chi connectivity index (χ3v) is 2.65. The summed E-state index contributed by atoms with van der Waals surface area (Å²) in [5.74, 6) is -0.970. The van der Waals surface area contributed by atoms with Crippen molar-refractivity contribution in [1.82, 2.24) is 0 Å². The van der Waals surface area contributed by atoms with Crippen LogP contribution in [-0.2, 0) is 9.53 Å². The molecule has 0 amide bonds. The van der Waals surface area contributed by atoms with Gasteiger partial charge in [-0.05, 0) is 24.6 Å². The Morgan fingerprint density at radius 3 is 2.81 bits per heavy atom. The van der Waals surface area contributed by atoms with E-state index in [1.807, 2.05) is 0 Å². The number of methoxy groups -OCH3 is 1. The van der Waals surface area contributed by atoms with E-state index in [-0.39, 0.29) is 17.5 Å². The van der Waals surface area contributed by atoms with Crippen LogP contribution in [0.15, 0.2) is 24.3 Å². The number of nitro groups is 1. The first-order valence-electron chi connectivity index (χ1n) is 6.29. The Bertz CT molecular complexity index is 540. The standard InChI is InChI=1S/C14H17NO6/c1-10(7-8-20-2)21-13-5-3-11(4-6-14(16)17)9-12(13)15(18)19/h3-6,9-10H,7-8H2,1-2H3,(H,16,17)/b6-4+. The number of ether oxygens (including phenoxy) is 2. The molecule has 7 heteroatoms. The lowest BCUT2D eigenvalue weighted by molar-refractivity contribution is -0.386. The molecule has 1 unspecified atom stereocenters. The van der Waals surface area contributed by atoms with Crippen LogP contribution in [0.4, 0.5) is 5.69 Å². The summed E-state index contributed by atoms with van der Waals surface area (Å²) in [5, 5.41) is 19.6. The van der Waals surface area contributed by atoms with E-state index in [1.165, 1.54) is 18.2 Å². The van der Waals surface area contributed by atoms with Gasteiger partial charge in [-0.2, -0.15) is 0 Å². The Labute approximate surface area is 121 Å². The highest BCUT2D eigenvalue weighted by molar-refractivity contribution is 5.85. The zero-order valence-electron chi connectivity index (χ0n) is 11.8. The van der Waals surface area contributed by atoms with Crippen LogP contribution in [0, 0.1) is 10.1 Å². The van der Waals surface area contributed by atoms with Gasteiger partial charge in [0.2, 0.25) is 0 Å². The van der Waals surface area contributed by atoms with Crippen LogP contribution >= 0.6 is 0 Å². The average Bonchev–Trinajstić information content (AvgIpc) is 2.43. The minimum Gasteiger partial charge on any atom is -0.484 e. The van der Waals surface area contributed by atoms with Crippen LogP contribution in [0.5, 0.6) is 5.75 Å². The molecule has 0 spiro atoms. The number of carboxylic acids is 1. The number of benzene rings is 1. The van der Waals surface area contributed by atoms with Crippen molar-refractivity contribution in [3.63, 3.8) is 0 Å². The van der Waals surface area contributed by atoms with Crippen LogP contribution in [0.25, 0.3) is 6.08 Å². The van der Waals surface area contributed by atoms with Crippen LogP contribution in [0.3, 0.4) is 0 Å². The second-order valence-electron chi connectivity index (χ2n) is 4.37. The molecule has 0 bridgehead atoms. The number of hydrogen-bond acceptors (Lipinski definition) is 5. The maximum atomic E-state index is 11.1. The van der Waals surface area contributed by atoms with Crippen LogP contribution < -0.4 is 4.74 Å². The minimum atomic E-state index is -1.12. The van der Waals surface area contributed by atoms with E-state index in [9.17, 15) is 14.9 Å². The number of carboxylic acid groups (broad SMARTS) is 1. The lowest BCUT2D eigenvalue weighted by Crippen LogP contribution is -2.15. The quantitative estimate of drug-likeness (QED) is 0.449. The fourth-order valence-corrected chi connectivity index (χ4v) is 1.61. The van der Waals surface area contributed by atoms with Crippen molar-refractivity contribution in [3.8, 4) is 5.75 Å². The summed E-state index contributed by atoms with van der Waals surface area (Å²) in [6, 6.07) is 4.30. The lowest BCUT2D eigenvalue weighted by Gasteiger charge is -2.14. The predicted octanol–water partition coefficient (Wildman–Crippen LogP) is 2.50. The number of hydrogen-bond donors (Lipinski definition) is 1. The molecule has 1 rings (SSSR count). The molecular weight excluding hydrogens is 278 g/mol. The van der Waals surface area contributed by atoms with E-state index < -0.39 is 10.9 Å². The average molecular weight is 295 g/mol. The normalized spacial score (nSPS) is 12.3. The van der Waals surface area contributed by atoms with E-state index in [0.29, 0.717) is 18.6 Å². The molecule has 7 nitrogen and oxygen atoms in total. The van der Waals surface area contributed by atoms with Gasteiger partial charge in [0.05, 0.1) is 11.0 Å². The van der Waals surface area contributed by atoms with Gasteiger partial charge < -0.3 is 14.6 Å². The van der Waals surface area contributed by atoms with E-state index in [1.54, 1.807) is 20.1 Å². The van der Waals surface area contributed by atoms with Gasteiger partial charge in [-0.25, -0.2) is 4.79 Å². The molecular formula is C14H17NO6. The van der Waals surface area contributed by atoms with Gasteiger partial charge in [0.15, 0.2) is 5.75 Å². The van der Waals surface area contributed by atoms with Gasteiger partial charge in [-0.15, -0.1) is 0 Å². The molecule has 0 radical (unpaired) electrons. The number of rotatable bonds is 8. The Morgan fingerprint density at radius 1 is 1.52 bits per heavy atom. The van der Waals surface area contributed by atoms with Crippen molar-refractivity contribution in [2.24, 2.45) is 0 Å².